The normalized spacial score (nSPS) is 12.5. The molecule has 0 saturated carbocycles. The topological polar surface area (TPSA) is 73.1 Å². The summed E-state index contributed by atoms with van der Waals surface area (Å²) in [7, 11) is 0. The summed E-state index contributed by atoms with van der Waals surface area (Å²) in [5, 5.41) is 0. The number of halogens is 2. The number of carbonyl (C=O) groups excluding carboxylic acids is 2. The Labute approximate surface area is 129 Å². The molecular weight excluding hydrogens is 306 g/mol. The van der Waals surface area contributed by atoms with E-state index in [9.17, 15) is 18.4 Å². The van der Waals surface area contributed by atoms with E-state index in [-0.39, 0.29) is 11.5 Å². The second-order valence-electron chi connectivity index (χ2n) is 4.76. The van der Waals surface area contributed by atoms with Gasteiger partial charge in [-0.1, -0.05) is 12.1 Å². The number of aromatic nitrogens is 2. The third-order valence-electron chi connectivity index (χ3n) is 3.29. The van der Waals surface area contributed by atoms with E-state index in [1.165, 1.54) is 18.4 Å². The highest BCUT2D eigenvalue weighted by atomic mass is 19.3. The molecule has 0 aliphatic heterocycles. The van der Waals surface area contributed by atoms with Crippen LogP contribution in [0.15, 0.2) is 53.3 Å². The fourth-order valence-electron chi connectivity index (χ4n) is 2.21. The molecule has 5 nitrogen and oxygen atoms in total. The van der Waals surface area contributed by atoms with Crippen LogP contribution in [0, 0.1) is 0 Å². The van der Waals surface area contributed by atoms with Crippen molar-refractivity contribution < 1.29 is 22.8 Å². The van der Waals surface area contributed by atoms with Crippen LogP contribution in [0.4, 0.5) is 8.78 Å². The lowest BCUT2D eigenvalue weighted by molar-refractivity contribution is -0.130. The smallest absolute Gasteiger partial charge is 0.297 e. The molecule has 0 fully saturated rings. The maximum atomic E-state index is 12.9. The third kappa shape index (κ3) is 2.85. The van der Waals surface area contributed by atoms with E-state index in [1.807, 2.05) is 0 Å². The Kier molecular flexibility index (Phi) is 3.92. The average Bonchev–Trinajstić information content (AvgIpc) is 3.09. The number of carbonyl (C=O) groups is 2. The number of alkyl halides is 2. The first kappa shape index (κ1) is 15.0. The van der Waals surface area contributed by atoms with Gasteiger partial charge in [-0.05, 0) is 24.3 Å². The first-order valence-electron chi connectivity index (χ1n) is 6.69. The van der Waals surface area contributed by atoms with Crippen LogP contribution in [-0.2, 0) is 4.79 Å². The zero-order valence-corrected chi connectivity index (χ0v) is 11.6. The van der Waals surface area contributed by atoms with Gasteiger partial charge < -0.3 is 4.42 Å². The molecule has 1 unspecified atom stereocenters. The van der Waals surface area contributed by atoms with Gasteiger partial charge in [0.15, 0.2) is 5.76 Å². The van der Waals surface area contributed by atoms with Gasteiger partial charge in [-0.25, -0.2) is 13.8 Å². The lowest BCUT2D eigenvalue weighted by Gasteiger charge is -2.13. The number of nitrogens with zero attached hydrogens (tertiary/aromatic N) is 2. The molecule has 23 heavy (non-hydrogen) atoms. The molecule has 0 spiro atoms. The van der Waals surface area contributed by atoms with Crippen LogP contribution in [0.25, 0.3) is 11.0 Å². The van der Waals surface area contributed by atoms with Crippen LogP contribution in [0.2, 0.25) is 0 Å². The summed E-state index contributed by atoms with van der Waals surface area (Å²) in [6.45, 7) is 0. The molecule has 0 aliphatic rings. The van der Waals surface area contributed by atoms with E-state index >= 15 is 0 Å². The Bertz CT molecular complexity index is 863. The van der Waals surface area contributed by atoms with Crippen LogP contribution in [0.5, 0.6) is 0 Å². The van der Waals surface area contributed by atoms with Gasteiger partial charge in [0.05, 0.1) is 29.2 Å². The molecule has 7 heteroatoms. The highest BCUT2D eigenvalue weighted by molar-refractivity contribution is 6.14. The van der Waals surface area contributed by atoms with Crippen molar-refractivity contribution in [1.82, 2.24) is 9.97 Å². The summed E-state index contributed by atoms with van der Waals surface area (Å²) < 4.78 is 30.7. The predicted molar refractivity (Wildman–Crippen MR) is 76.3 cm³/mol. The molecule has 3 aromatic rings. The summed E-state index contributed by atoms with van der Waals surface area (Å²) in [6, 6.07) is 9.48. The van der Waals surface area contributed by atoms with Gasteiger partial charge in [-0.15, -0.1) is 0 Å². The van der Waals surface area contributed by atoms with Crippen LogP contribution in [0.1, 0.15) is 22.2 Å². The lowest BCUT2D eigenvalue weighted by Crippen LogP contribution is -2.28. The molecule has 2 heterocycles. The Hall–Kier alpha value is -2.96. The van der Waals surface area contributed by atoms with Crippen molar-refractivity contribution in [3.05, 3.63) is 60.3 Å². The van der Waals surface area contributed by atoms with Gasteiger partial charge in [0.25, 0.3) is 6.43 Å². The van der Waals surface area contributed by atoms with E-state index in [1.54, 1.807) is 24.3 Å². The molecule has 0 N–H and O–H groups in total. The standard InChI is InChI=1S/C16H10F2N2O3/c17-16(18)15(22)13(14(21)12-6-3-7-23-12)11-8-19-9-4-1-2-5-10(9)20-11/h1-8,13,16H. The van der Waals surface area contributed by atoms with Crippen molar-refractivity contribution >= 4 is 22.6 Å². The van der Waals surface area contributed by atoms with Crippen molar-refractivity contribution in [3.8, 4) is 0 Å². The first-order chi connectivity index (χ1) is 11.1. The molecule has 2 aromatic heterocycles. The average molecular weight is 316 g/mol. The molecule has 0 amide bonds. The number of para-hydroxylation sites is 2. The van der Waals surface area contributed by atoms with E-state index in [2.05, 4.69) is 9.97 Å². The highest BCUT2D eigenvalue weighted by Gasteiger charge is 2.37. The fourth-order valence-corrected chi connectivity index (χ4v) is 2.21. The summed E-state index contributed by atoms with van der Waals surface area (Å²) in [6.07, 6.45) is -0.913. The maximum absolute atomic E-state index is 12.9. The number of hydrogen-bond donors (Lipinski definition) is 0. The van der Waals surface area contributed by atoms with Crippen molar-refractivity contribution in [2.75, 3.05) is 0 Å². The minimum Gasteiger partial charge on any atom is -0.461 e. The fraction of sp³-hybridized carbons (Fsp3) is 0.125. The Morgan fingerprint density at radius 2 is 1.78 bits per heavy atom. The van der Waals surface area contributed by atoms with E-state index in [0.717, 1.165) is 6.20 Å². The molecule has 116 valence electrons. The lowest BCUT2D eigenvalue weighted by atomic mass is 9.94. The minimum absolute atomic E-state index is 0.129. The third-order valence-corrected chi connectivity index (χ3v) is 3.29. The molecule has 0 saturated heterocycles. The van der Waals surface area contributed by atoms with Crippen LogP contribution < -0.4 is 0 Å². The number of benzene rings is 1. The number of fused-ring (bicyclic) bond motifs is 1. The quantitative estimate of drug-likeness (QED) is 0.534. The molecule has 3 rings (SSSR count). The SMILES string of the molecule is O=C(c1ccco1)C(C(=O)C(F)F)c1cnc2ccccc2n1. The molecular formula is C16H10F2N2O3. The number of rotatable bonds is 5. The summed E-state index contributed by atoms with van der Waals surface area (Å²) in [4.78, 5) is 32.4. The number of ketones is 2. The van der Waals surface area contributed by atoms with Crippen LogP contribution in [0.3, 0.4) is 0 Å². The van der Waals surface area contributed by atoms with Gasteiger partial charge in [0.1, 0.15) is 5.92 Å². The van der Waals surface area contributed by atoms with Crippen molar-refractivity contribution in [2.24, 2.45) is 0 Å². The van der Waals surface area contributed by atoms with Crippen molar-refractivity contribution in [3.63, 3.8) is 0 Å². The van der Waals surface area contributed by atoms with Gasteiger partial charge in [0, 0.05) is 0 Å². The van der Waals surface area contributed by atoms with Gasteiger partial charge in [-0.3, -0.25) is 14.6 Å². The van der Waals surface area contributed by atoms with Gasteiger partial charge in [0.2, 0.25) is 11.6 Å². The Morgan fingerprint density at radius 1 is 1.04 bits per heavy atom. The summed E-state index contributed by atoms with van der Waals surface area (Å²) in [5.74, 6) is -4.34. The van der Waals surface area contributed by atoms with Gasteiger partial charge in [-0.2, -0.15) is 0 Å². The number of furan rings is 1. The predicted octanol–water partition coefficient (Wildman–Crippen LogP) is 3.02. The summed E-state index contributed by atoms with van der Waals surface area (Å²) >= 11 is 0. The van der Waals surface area contributed by atoms with Gasteiger partial charge >= 0.3 is 0 Å². The summed E-state index contributed by atoms with van der Waals surface area (Å²) in [5.41, 5.74) is 0.810. The van der Waals surface area contributed by atoms with Crippen LogP contribution >= 0.6 is 0 Å². The van der Waals surface area contributed by atoms with Crippen molar-refractivity contribution in [2.45, 2.75) is 12.3 Å². The number of hydrogen-bond acceptors (Lipinski definition) is 5. The highest BCUT2D eigenvalue weighted by Crippen LogP contribution is 2.24. The second kappa shape index (κ2) is 6.04. The van der Waals surface area contributed by atoms with E-state index < -0.39 is 23.9 Å². The Balaban J connectivity index is 2.09. The second-order valence-corrected chi connectivity index (χ2v) is 4.76. The minimum atomic E-state index is -3.30. The zero-order valence-electron chi connectivity index (χ0n) is 11.6. The molecule has 0 radical (unpaired) electrons. The molecule has 0 bridgehead atoms. The monoisotopic (exact) mass is 316 g/mol. The maximum Gasteiger partial charge on any atom is 0.297 e. The zero-order chi connectivity index (χ0) is 16.4. The van der Waals surface area contributed by atoms with E-state index in [4.69, 9.17) is 4.42 Å². The first-order valence-corrected chi connectivity index (χ1v) is 6.69. The van der Waals surface area contributed by atoms with Crippen LogP contribution in [-0.4, -0.2) is 28.0 Å². The molecule has 1 atom stereocenters. The number of Topliss-reactive ketones (excluding diaryl/α,β-unsaturated/α-hetero) is 2. The molecule has 0 aliphatic carbocycles. The Morgan fingerprint density at radius 3 is 2.43 bits per heavy atom. The van der Waals surface area contributed by atoms with E-state index in [0.29, 0.717) is 11.0 Å². The largest absolute Gasteiger partial charge is 0.461 e. The molecule has 1 aromatic carbocycles. The van der Waals surface area contributed by atoms with Crippen molar-refractivity contribution in [1.29, 1.82) is 0 Å².